The summed E-state index contributed by atoms with van der Waals surface area (Å²) in [5.74, 6) is -0.660. The van der Waals surface area contributed by atoms with Crippen molar-refractivity contribution in [1.29, 1.82) is 0 Å². The fourth-order valence-corrected chi connectivity index (χ4v) is 6.32. The van der Waals surface area contributed by atoms with Gasteiger partial charge in [0.1, 0.15) is 23.0 Å². The number of amides is 1. The number of ether oxygens (including phenoxy) is 1. The van der Waals surface area contributed by atoms with Gasteiger partial charge in [0.2, 0.25) is 0 Å². The van der Waals surface area contributed by atoms with E-state index in [9.17, 15) is 27.9 Å². The largest absolute Gasteiger partial charge is 0.470 e. The molecule has 0 unspecified atom stereocenters. The summed E-state index contributed by atoms with van der Waals surface area (Å²) in [6.45, 7) is -0.333. The molecule has 0 aliphatic carbocycles. The first-order chi connectivity index (χ1) is 19.2. The molecule has 11 nitrogen and oxygen atoms in total. The van der Waals surface area contributed by atoms with Gasteiger partial charge in [-0.05, 0) is 32.0 Å². The van der Waals surface area contributed by atoms with Gasteiger partial charge >= 0.3 is 14.4 Å². The number of hydrogen-bond donors (Lipinski definition) is 2. The van der Waals surface area contributed by atoms with E-state index in [1.54, 1.807) is 19.2 Å². The van der Waals surface area contributed by atoms with Gasteiger partial charge in [-0.15, -0.1) is 0 Å². The second-order valence-electron chi connectivity index (χ2n) is 10.3. The van der Waals surface area contributed by atoms with Crippen molar-refractivity contribution in [1.82, 2.24) is 24.4 Å². The van der Waals surface area contributed by atoms with Gasteiger partial charge < -0.3 is 24.0 Å². The molecule has 2 aliphatic rings. The lowest BCUT2D eigenvalue weighted by Crippen LogP contribution is -2.30. The molecule has 2 bridgehead atoms. The number of rotatable bonds is 6. The predicted molar refractivity (Wildman–Crippen MR) is 138 cm³/mol. The Balaban J connectivity index is 1.48. The molecule has 1 amide bonds. The van der Waals surface area contributed by atoms with Crippen LogP contribution in [-0.4, -0.2) is 53.8 Å². The van der Waals surface area contributed by atoms with Crippen LogP contribution < -0.4 is 4.74 Å². The van der Waals surface area contributed by atoms with E-state index in [0.717, 1.165) is 0 Å². The van der Waals surface area contributed by atoms with Crippen molar-refractivity contribution >= 4 is 24.8 Å². The third-order valence-electron chi connectivity index (χ3n) is 7.34. The van der Waals surface area contributed by atoms with Gasteiger partial charge in [0, 0.05) is 54.2 Å². The molecule has 2 aliphatic heterocycles. The highest BCUT2D eigenvalue weighted by molar-refractivity contribution is 7.46. The van der Waals surface area contributed by atoms with E-state index >= 15 is 4.39 Å². The number of benzene rings is 2. The van der Waals surface area contributed by atoms with E-state index in [1.807, 2.05) is 4.57 Å². The minimum atomic E-state index is -4.84. The van der Waals surface area contributed by atoms with Crippen LogP contribution in [0.3, 0.4) is 0 Å². The zero-order valence-electron chi connectivity index (χ0n) is 21.8. The van der Waals surface area contributed by atoms with E-state index in [0.29, 0.717) is 28.8 Å². The molecular formula is C26H23F3N5O6P. The molecule has 41 heavy (non-hydrogen) atoms. The molecule has 2 N–H and O–H groups in total. The highest BCUT2D eigenvalue weighted by Crippen LogP contribution is 2.50. The van der Waals surface area contributed by atoms with Crippen molar-refractivity contribution in [2.75, 3.05) is 7.05 Å². The van der Waals surface area contributed by atoms with Gasteiger partial charge in [-0.3, -0.25) is 9.32 Å². The Morgan fingerprint density at radius 2 is 1.83 bits per heavy atom. The van der Waals surface area contributed by atoms with Crippen molar-refractivity contribution in [2.45, 2.75) is 44.6 Å². The second kappa shape index (κ2) is 9.35. The Hall–Kier alpha value is -3.84. The minimum absolute atomic E-state index is 0.0303. The average molecular weight is 589 g/mol. The standard InChI is InChI=1S/C26H23F3N5O6P/c1-26(2,40-41(36,37)38)24-30-10-12(11-31-24)14-7-17-16(8-15(14)27)32-22-19-9-18(34(17)22)21-13(23(35)33(19)3)5-4-6-20(21)39-25(28)29/h4-8,10-11,18-19,25H,9H2,1-3H3,(H2,36,37,38)/t18-,19-/m1/s1. The van der Waals surface area contributed by atoms with E-state index in [-0.39, 0.29) is 34.2 Å². The summed E-state index contributed by atoms with van der Waals surface area (Å²) in [6.07, 6.45) is 2.97. The molecule has 6 rings (SSSR count). The van der Waals surface area contributed by atoms with E-state index in [4.69, 9.17) is 9.26 Å². The monoisotopic (exact) mass is 589 g/mol. The van der Waals surface area contributed by atoms with Crippen LogP contribution in [0, 0.1) is 5.82 Å². The molecular weight excluding hydrogens is 566 g/mol. The predicted octanol–water partition coefficient (Wildman–Crippen LogP) is 4.70. The van der Waals surface area contributed by atoms with Gasteiger partial charge in [-0.1, -0.05) is 6.07 Å². The van der Waals surface area contributed by atoms with E-state index < -0.39 is 37.9 Å². The molecule has 2 aromatic heterocycles. The Morgan fingerprint density at radius 1 is 1.12 bits per heavy atom. The van der Waals surface area contributed by atoms with Crippen LogP contribution in [0.25, 0.3) is 22.2 Å². The third-order valence-corrected chi connectivity index (χ3v) is 8.04. The summed E-state index contributed by atoms with van der Waals surface area (Å²) in [5.41, 5.74) is 0.190. The van der Waals surface area contributed by atoms with Crippen LogP contribution in [0.15, 0.2) is 42.7 Å². The number of nitrogens with zero attached hydrogens (tertiary/aromatic N) is 5. The van der Waals surface area contributed by atoms with Crippen LogP contribution in [0.2, 0.25) is 0 Å². The van der Waals surface area contributed by atoms with Gasteiger partial charge in [0.05, 0.1) is 23.1 Å². The molecule has 4 aromatic rings. The SMILES string of the molecule is CN1C(=O)c2cccc(OC(F)F)c2[C@H]2C[C@@H]1c1nc3cc(F)c(-c4cnc(C(C)(C)OP(=O)(O)O)nc4)cc3n12. The zero-order valence-corrected chi connectivity index (χ0v) is 22.7. The number of carbonyl (C=O) groups is 1. The molecule has 0 saturated carbocycles. The van der Waals surface area contributed by atoms with E-state index in [2.05, 4.69) is 15.0 Å². The average Bonchev–Trinajstić information content (AvgIpc) is 3.39. The number of alkyl halides is 2. The summed E-state index contributed by atoms with van der Waals surface area (Å²) in [5, 5.41) is 0. The maximum absolute atomic E-state index is 15.4. The van der Waals surface area contributed by atoms with Crippen molar-refractivity contribution in [2.24, 2.45) is 0 Å². The first kappa shape index (κ1) is 27.3. The van der Waals surface area contributed by atoms with Crippen LogP contribution in [0.5, 0.6) is 5.75 Å². The van der Waals surface area contributed by atoms with Crippen molar-refractivity contribution < 1.29 is 41.6 Å². The lowest BCUT2D eigenvalue weighted by Gasteiger charge is -2.24. The molecule has 0 fully saturated rings. The highest BCUT2D eigenvalue weighted by atomic mass is 31.2. The van der Waals surface area contributed by atoms with Crippen LogP contribution in [0.4, 0.5) is 13.2 Å². The molecule has 2 atom stereocenters. The number of halogens is 3. The second-order valence-corrected chi connectivity index (χ2v) is 11.5. The molecule has 15 heteroatoms. The number of imidazole rings is 1. The van der Waals surface area contributed by atoms with Gasteiger partial charge in [0.25, 0.3) is 5.91 Å². The summed E-state index contributed by atoms with van der Waals surface area (Å²) >= 11 is 0. The topological polar surface area (TPSA) is 140 Å². The van der Waals surface area contributed by atoms with Gasteiger partial charge in [0.15, 0.2) is 5.82 Å². The van der Waals surface area contributed by atoms with Crippen molar-refractivity contribution in [3.8, 4) is 16.9 Å². The Morgan fingerprint density at radius 3 is 2.49 bits per heavy atom. The normalized spacial score (nSPS) is 18.6. The molecule has 2 aromatic carbocycles. The number of aromatic nitrogens is 4. The molecule has 0 spiro atoms. The summed E-state index contributed by atoms with van der Waals surface area (Å²) in [6, 6.07) is 6.13. The van der Waals surface area contributed by atoms with Crippen LogP contribution in [0.1, 0.15) is 59.9 Å². The lowest BCUT2D eigenvalue weighted by atomic mass is 9.97. The fourth-order valence-electron chi connectivity index (χ4n) is 5.64. The number of phosphoric ester groups is 1. The smallest absolute Gasteiger partial charge is 0.434 e. The Kier molecular flexibility index (Phi) is 6.23. The summed E-state index contributed by atoms with van der Waals surface area (Å²) in [7, 11) is -3.23. The van der Waals surface area contributed by atoms with Crippen molar-refractivity contribution in [3.63, 3.8) is 0 Å². The van der Waals surface area contributed by atoms with E-state index in [1.165, 1.54) is 49.3 Å². The van der Waals surface area contributed by atoms with Crippen LogP contribution in [-0.2, 0) is 14.7 Å². The highest BCUT2D eigenvalue weighted by Gasteiger charge is 2.45. The van der Waals surface area contributed by atoms with Crippen LogP contribution >= 0.6 is 7.82 Å². The first-order valence-corrected chi connectivity index (χ1v) is 13.9. The van der Waals surface area contributed by atoms with Gasteiger partial charge in [-0.2, -0.15) is 8.78 Å². The molecule has 214 valence electrons. The molecule has 0 radical (unpaired) electrons. The summed E-state index contributed by atoms with van der Waals surface area (Å²) < 4.78 is 64.8. The minimum Gasteiger partial charge on any atom is -0.434 e. The maximum Gasteiger partial charge on any atom is 0.470 e. The zero-order chi connectivity index (χ0) is 29.4. The number of carbonyl (C=O) groups excluding carboxylic acids is 1. The number of hydrogen-bond acceptors (Lipinski definition) is 7. The first-order valence-electron chi connectivity index (χ1n) is 12.4. The Bertz CT molecular complexity index is 1760. The van der Waals surface area contributed by atoms with Crippen molar-refractivity contribution in [3.05, 3.63) is 71.3 Å². The number of phosphoric acid groups is 1. The maximum atomic E-state index is 15.4. The Labute approximate surface area is 230 Å². The molecule has 0 saturated heterocycles. The lowest BCUT2D eigenvalue weighted by molar-refractivity contribution is -0.0507. The third kappa shape index (κ3) is 4.56. The molecule has 4 heterocycles. The quantitative estimate of drug-likeness (QED) is 0.306. The fraction of sp³-hybridized carbons (Fsp3) is 0.308. The number of fused-ring (bicyclic) bond motifs is 9. The van der Waals surface area contributed by atoms with Gasteiger partial charge in [-0.25, -0.2) is 23.9 Å². The summed E-state index contributed by atoms with van der Waals surface area (Å²) in [4.78, 5) is 46.1.